The van der Waals surface area contributed by atoms with E-state index in [1.165, 1.54) is 5.56 Å². The first kappa shape index (κ1) is 20.4. The van der Waals surface area contributed by atoms with Crippen LogP contribution in [0.1, 0.15) is 27.5 Å². The fourth-order valence-electron chi connectivity index (χ4n) is 3.85. The molecule has 0 aromatic heterocycles. The number of hydrogen-bond donors (Lipinski definition) is 2. The molecule has 7 nitrogen and oxygen atoms in total. The van der Waals surface area contributed by atoms with E-state index in [-0.39, 0.29) is 18.0 Å². The van der Waals surface area contributed by atoms with E-state index < -0.39 is 0 Å². The lowest BCUT2D eigenvalue weighted by Crippen LogP contribution is -2.43. The summed E-state index contributed by atoms with van der Waals surface area (Å²) in [6, 6.07) is 15.3. The topological polar surface area (TPSA) is 73.9 Å². The van der Waals surface area contributed by atoms with Gasteiger partial charge in [0.2, 0.25) is 0 Å². The lowest BCUT2D eigenvalue weighted by atomic mass is 10.0. The smallest absolute Gasteiger partial charge is 0.321 e. The summed E-state index contributed by atoms with van der Waals surface area (Å²) in [4.78, 5) is 29.1. The third-order valence-corrected chi connectivity index (χ3v) is 5.61. The predicted molar refractivity (Wildman–Crippen MR) is 116 cm³/mol. The highest BCUT2D eigenvalue weighted by atomic mass is 16.5. The molecule has 0 saturated carbocycles. The molecule has 2 N–H and O–H groups in total. The minimum Gasteiger partial charge on any atom is -0.379 e. The van der Waals surface area contributed by atoms with Gasteiger partial charge in [-0.3, -0.25) is 14.6 Å². The fraction of sp³-hybridized carbons (Fsp3) is 0.391. The van der Waals surface area contributed by atoms with Crippen LogP contribution in [0, 0.1) is 6.92 Å². The van der Waals surface area contributed by atoms with Gasteiger partial charge in [-0.05, 0) is 30.7 Å². The number of morpholine rings is 1. The van der Waals surface area contributed by atoms with Gasteiger partial charge in [0.05, 0.1) is 19.3 Å². The average Bonchev–Trinajstić information content (AvgIpc) is 3.20. The molecule has 3 amide bonds. The summed E-state index contributed by atoms with van der Waals surface area (Å²) in [6.45, 7) is 7.15. The normalized spacial score (nSPS) is 18.2. The molecule has 1 atom stereocenters. The van der Waals surface area contributed by atoms with Gasteiger partial charge in [-0.15, -0.1) is 0 Å². The Morgan fingerprint density at radius 3 is 2.60 bits per heavy atom. The molecule has 0 unspecified atom stereocenters. The number of nitrogens with one attached hydrogen (secondary N) is 2. The third-order valence-electron chi connectivity index (χ3n) is 5.61. The number of anilines is 1. The van der Waals surface area contributed by atoms with Gasteiger partial charge in [0.1, 0.15) is 0 Å². The van der Waals surface area contributed by atoms with Crippen LogP contribution in [-0.2, 0) is 4.74 Å². The number of hydrogen-bond acceptors (Lipinski definition) is 4. The first-order chi connectivity index (χ1) is 14.6. The predicted octanol–water partition coefficient (Wildman–Crippen LogP) is 2.33. The molecule has 2 saturated heterocycles. The number of ether oxygens (including phenoxy) is 1. The maximum atomic E-state index is 13.1. The van der Waals surface area contributed by atoms with Crippen LogP contribution in [0.25, 0.3) is 0 Å². The van der Waals surface area contributed by atoms with E-state index in [9.17, 15) is 9.59 Å². The second kappa shape index (κ2) is 9.28. The van der Waals surface area contributed by atoms with Crippen LogP contribution in [0.5, 0.6) is 0 Å². The van der Waals surface area contributed by atoms with Crippen molar-refractivity contribution in [3.05, 3.63) is 65.2 Å². The van der Waals surface area contributed by atoms with Gasteiger partial charge in [-0.2, -0.15) is 0 Å². The Kier molecular flexibility index (Phi) is 6.30. The van der Waals surface area contributed by atoms with Gasteiger partial charge >= 0.3 is 6.03 Å². The molecule has 0 radical (unpaired) electrons. The van der Waals surface area contributed by atoms with E-state index in [4.69, 9.17) is 4.74 Å². The van der Waals surface area contributed by atoms with E-state index in [1.807, 2.05) is 12.1 Å². The number of amides is 3. The zero-order chi connectivity index (χ0) is 20.9. The lowest BCUT2D eigenvalue weighted by Gasteiger charge is -2.31. The number of carbonyl (C=O) groups is 2. The quantitative estimate of drug-likeness (QED) is 0.770. The van der Waals surface area contributed by atoms with Gasteiger partial charge < -0.3 is 15.4 Å². The highest BCUT2D eigenvalue weighted by Crippen LogP contribution is 2.21. The first-order valence-electron chi connectivity index (χ1n) is 10.4. The van der Waals surface area contributed by atoms with Crippen LogP contribution in [-0.4, -0.2) is 62.8 Å². The largest absolute Gasteiger partial charge is 0.379 e. The first-order valence-corrected chi connectivity index (χ1v) is 10.4. The van der Waals surface area contributed by atoms with Crippen LogP contribution in [0.2, 0.25) is 0 Å². The molecule has 7 heteroatoms. The van der Waals surface area contributed by atoms with Crippen molar-refractivity contribution < 1.29 is 14.3 Å². The zero-order valence-electron chi connectivity index (χ0n) is 17.3. The molecule has 4 rings (SSSR count). The van der Waals surface area contributed by atoms with Gasteiger partial charge in [-0.25, -0.2) is 4.79 Å². The van der Waals surface area contributed by atoms with Crippen LogP contribution in [0.3, 0.4) is 0 Å². The molecule has 2 fully saturated rings. The van der Waals surface area contributed by atoms with Gasteiger partial charge in [-0.1, -0.05) is 35.9 Å². The standard InChI is InChI=1S/C23H28N4O3/c1-17-5-7-18(8-6-17)21(16-26-11-13-30-14-12-26)25-22(28)19-3-2-4-20(15-19)27-10-9-24-23(27)29/h2-8,15,21H,9-14,16H2,1H3,(H,24,29)(H,25,28)/t21-/m1/s1. The zero-order valence-corrected chi connectivity index (χ0v) is 17.3. The maximum absolute atomic E-state index is 13.1. The Morgan fingerprint density at radius 1 is 1.13 bits per heavy atom. The Balaban J connectivity index is 1.52. The van der Waals surface area contributed by atoms with Crippen LogP contribution in [0.4, 0.5) is 10.5 Å². The second-order valence-electron chi connectivity index (χ2n) is 7.78. The summed E-state index contributed by atoms with van der Waals surface area (Å²) in [7, 11) is 0. The van der Waals surface area contributed by atoms with Gasteiger partial charge in [0.15, 0.2) is 0 Å². The van der Waals surface area contributed by atoms with E-state index in [0.29, 0.717) is 31.9 Å². The monoisotopic (exact) mass is 408 g/mol. The maximum Gasteiger partial charge on any atom is 0.321 e. The summed E-state index contributed by atoms with van der Waals surface area (Å²) >= 11 is 0. The Hall–Kier alpha value is -2.90. The average molecular weight is 409 g/mol. The van der Waals surface area contributed by atoms with Gasteiger partial charge in [0, 0.05) is 44.0 Å². The van der Waals surface area contributed by atoms with Crippen LogP contribution >= 0.6 is 0 Å². The summed E-state index contributed by atoms with van der Waals surface area (Å²) < 4.78 is 5.46. The molecule has 0 spiro atoms. The van der Waals surface area contributed by atoms with Crippen molar-refractivity contribution in [2.75, 3.05) is 50.8 Å². The molecule has 2 aliphatic rings. The van der Waals surface area contributed by atoms with E-state index >= 15 is 0 Å². The number of aryl methyl sites for hydroxylation is 1. The van der Waals surface area contributed by atoms with E-state index in [2.05, 4.69) is 46.7 Å². The fourth-order valence-corrected chi connectivity index (χ4v) is 3.85. The highest BCUT2D eigenvalue weighted by molar-refractivity contribution is 5.98. The minimum absolute atomic E-state index is 0.127. The van der Waals surface area contributed by atoms with E-state index in [1.54, 1.807) is 17.0 Å². The second-order valence-corrected chi connectivity index (χ2v) is 7.78. The molecule has 0 bridgehead atoms. The van der Waals surface area contributed by atoms with Crippen molar-refractivity contribution in [3.63, 3.8) is 0 Å². The number of urea groups is 1. The minimum atomic E-state index is -0.143. The van der Waals surface area contributed by atoms with Gasteiger partial charge in [0.25, 0.3) is 5.91 Å². The third kappa shape index (κ3) is 4.80. The number of nitrogens with zero attached hydrogens (tertiary/aromatic N) is 2. The van der Waals surface area contributed by atoms with Crippen molar-refractivity contribution >= 4 is 17.6 Å². The van der Waals surface area contributed by atoms with Crippen LogP contribution in [0.15, 0.2) is 48.5 Å². The molecule has 2 aliphatic heterocycles. The molecular weight excluding hydrogens is 380 g/mol. The summed E-state index contributed by atoms with van der Waals surface area (Å²) in [5.41, 5.74) is 3.55. The highest BCUT2D eigenvalue weighted by Gasteiger charge is 2.24. The van der Waals surface area contributed by atoms with Crippen molar-refractivity contribution in [3.8, 4) is 0 Å². The summed E-state index contributed by atoms with van der Waals surface area (Å²) in [5.74, 6) is -0.143. The molecule has 158 valence electrons. The molecule has 0 aliphatic carbocycles. The molecule has 30 heavy (non-hydrogen) atoms. The molecule has 2 aromatic carbocycles. The Bertz CT molecular complexity index is 894. The summed E-state index contributed by atoms with van der Waals surface area (Å²) in [5, 5.41) is 6.00. The Labute approximate surface area is 177 Å². The summed E-state index contributed by atoms with van der Waals surface area (Å²) in [6.07, 6.45) is 0. The molecule has 2 aromatic rings. The Morgan fingerprint density at radius 2 is 1.90 bits per heavy atom. The number of carbonyl (C=O) groups excluding carboxylic acids is 2. The van der Waals surface area contributed by atoms with E-state index in [0.717, 1.165) is 30.9 Å². The van der Waals surface area contributed by atoms with Crippen LogP contribution < -0.4 is 15.5 Å². The number of benzene rings is 2. The lowest BCUT2D eigenvalue weighted by molar-refractivity contribution is 0.0332. The van der Waals surface area contributed by atoms with Crippen molar-refractivity contribution in [1.82, 2.24) is 15.5 Å². The molecular formula is C23H28N4O3. The van der Waals surface area contributed by atoms with Crippen molar-refractivity contribution in [2.45, 2.75) is 13.0 Å². The number of rotatable bonds is 6. The van der Waals surface area contributed by atoms with Crippen molar-refractivity contribution in [1.29, 1.82) is 0 Å². The molecule has 2 heterocycles. The SMILES string of the molecule is Cc1ccc([C@@H](CN2CCOCC2)NC(=O)c2cccc(N3CCNC3=O)c2)cc1. The van der Waals surface area contributed by atoms with Crippen molar-refractivity contribution in [2.24, 2.45) is 0 Å².